The molecule has 5 aromatic carbocycles. The maximum atomic E-state index is 6.43. The van der Waals surface area contributed by atoms with Gasteiger partial charge in [0.2, 0.25) is 0 Å². The second-order valence-corrected chi connectivity index (χ2v) is 14.2. The zero-order valence-corrected chi connectivity index (χ0v) is 26.4. The Balaban J connectivity index is 1.25. The van der Waals surface area contributed by atoms with E-state index in [-0.39, 0.29) is 16.5 Å². The Bertz CT molecular complexity index is 2100. The van der Waals surface area contributed by atoms with E-state index < -0.39 is 0 Å². The first-order valence-corrected chi connectivity index (χ1v) is 16.6. The van der Waals surface area contributed by atoms with Crippen molar-refractivity contribution in [3.8, 4) is 22.3 Å². The molecule has 1 aliphatic heterocycles. The molecule has 0 radical (unpaired) electrons. The summed E-state index contributed by atoms with van der Waals surface area (Å²) in [6, 6.07) is 38.0. The third kappa shape index (κ3) is 3.57. The molecule has 3 aliphatic rings. The molecule has 6 aromatic rings. The number of fused-ring (bicyclic) bond motifs is 6. The predicted octanol–water partition coefficient (Wildman–Crippen LogP) is 11.4. The number of nitrogens with zero attached hydrogens (tertiary/aromatic N) is 1. The third-order valence-electron chi connectivity index (χ3n) is 11.8. The Morgan fingerprint density at radius 3 is 1.96 bits per heavy atom. The van der Waals surface area contributed by atoms with E-state index in [9.17, 15) is 0 Å². The van der Waals surface area contributed by atoms with Gasteiger partial charge in [0.15, 0.2) is 0 Å². The van der Waals surface area contributed by atoms with Gasteiger partial charge < -0.3 is 9.32 Å². The second-order valence-electron chi connectivity index (χ2n) is 14.2. The van der Waals surface area contributed by atoms with E-state index in [2.05, 4.69) is 141 Å². The van der Waals surface area contributed by atoms with Crippen LogP contribution >= 0.6 is 0 Å². The first kappa shape index (κ1) is 26.8. The fraction of sp³-hybridized carbons (Fsp3) is 0.256. The summed E-state index contributed by atoms with van der Waals surface area (Å²) in [6.45, 7) is 7.53. The van der Waals surface area contributed by atoms with E-state index in [4.69, 9.17) is 4.42 Å². The number of anilines is 1. The van der Waals surface area contributed by atoms with Crippen molar-refractivity contribution in [3.05, 3.63) is 132 Å². The van der Waals surface area contributed by atoms with Crippen molar-refractivity contribution in [1.82, 2.24) is 0 Å². The zero-order chi connectivity index (χ0) is 30.4. The Hall–Kier alpha value is -4.56. The van der Waals surface area contributed by atoms with Crippen LogP contribution in [0.15, 0.2) is 120 Å². The summed E-state index contributed by atoms with van der Waals surface area (Å²) in [5, 5.41) is 5.10. The standard InChI is InChI=1S/C43H39NO/c1-41(44-37-22-12-11-21-36(37)42(2)24-13-14-25-43(42,44)3)26-23-38-34(27-41)35(28-45-38)40-32-19-9-7-17-30(32)39(29-15-5-4-6-16-29)31-18-8-10-20-33(31)40/h4-12,15-23,26,28H,13-14,24-25,27H2,1-3H3. The van der Waals surface area contributed by atoms with E-state index >= 15 is 0 Å². The fourth-order valence-corrected chi connectivity index (χ4v) is 9.61. The highest BCUT2D eigenvalue weighted by molar-refractivity contribution is 6.21. The SMILES string of the molecule is CC1(N2c3ccccc3C3(C)CCCCC23C)C=Cc2occ(-c3c4ccccc4c(-c4ccccc4)c4ccccc34)c2C1. The first-order valence-electron chi connectivity index (χ1n) is 16.6. The maximum absolute atomic E-state index is 6.43. The molecule has 0 saturated heterocycles. The number of para-hydroxylation sites is 1. The van der Waals surface area contributed by atoms with E-state index in [1.807, 2.05) is 6.26 Å². The summed E-state index contributed by atoms with van der Waals surface area (Å²) in [7, 11) is 0. The number of hydrogen-bond acceptors (Lipinski definition) is 2. The van der Waals surface area contributed by atoms with Crippen molar-refractivity contribution in [1.29, 1.82) is 0 Å². The molecule has 45 heavy (non-hydrogen) atoms. The van der Waals surface area contributed by atoms with Crippen molar-refractivity contribution in [2.24, 2.45) is 0 Å². The largest absolute Gasteiger partial charge is 0.464 e. The minimum Gasteiger partial charge on any atom is -0.464 e. The van der Waals surface area contributed by atoms with Gasteiger partial charge in [-0.15, -0.1) is 0 Å². The van der Waals surface area contributed by atoms with Crippen LogP contribution in [0, 0.1) is 0 Å². The molecular formula is C43H39NO. The van der Waals surface area contributed by atoms with Crippen LogP contribution < -0.4 is 4.90 Å². The summed E-state index contributed by atoms with van der Waals surface area (Å²) in [5.41, 5.74) is 9.28. The average Bonchev–Trinajstić information content (AvgIpc) is 3.57. The molecule has 2 aliphatic carbocycles. The minimum atomic E-state index is -0.193. The van der Waals surface area contributed by atoms with Crippen molar-refractivity contribution in [3.63, 3.8) is 0 Å². The molecular weight excluding hydrogens is 546 g/mol. The van der Waals surface area contributed by atoms with Crippen LogP contribution in [0.2, 0.25) is 0 Å². The number of furan rings is 1. The highest BCUT2D eigenvalue weighted by Crippen LogP contribution is 2.61. The molecule has 1 saturated carbocycles. The molecule has 1 fully saturated rings. The van der Waals surface area contributed by atoms with Gasteiger partial charge in [0.25, 0.3) is 0 Å². The molecule has 1 aromatic heterocycles. The van der Waals surface area contributed by atoms with Gasteiger partial charge >= 0.3 is 0 Å². The molecule has 0 amide bonds. The molecule has 2 heterocycles. The van der Waals surface area contributed by atoms with Crippen molar-refractivity contribution >= 4 is 33.3 Å². The second kappa shape index (κ2) is 9.47. The van der Waals surface area contributed by atoms with Crippen LogP contribution in [-0.4, -0.2) is 11.1 Å². The first-order chi connectivity index (χ1) is 21.9. The highest BCUT2D eigenvalue weighted by Gasteiger charge is 2.60. The lowest BCUT2D eigenvalue weighted by Gasteiger charge is -2.56. The Morgan fingerprint density at radius 2 is 1.24 bits per heavy atom. The molecule has 0 bridgehead atoms. The summed E-state index contributed by atoms with van der Waals surface area (Å²) in [4.78, 5) is 2.82. The Morgan fingerprint density at radius 1 is 0.644 bits per heavy atom. The number of hydrogen-bond donors (Lipinski definition) is 0. The lowest BCUT2D eigenvalue weighted by molar-refractivity contribution is 0.164. The molecule has 0 spiro atoms. The molecule has 3 atom stereocenters. The zero-order valence-electron chi connectivity index (χ0n) is 26.4. The topological polar surface area (TPSA) is 16.4 Å². The van der Waals surface area contributed by atoms with Crippen LogP contribution in [0.5, 0.6) is 0 Å². The molecule has 2 heteroatoms. The lowest BCUT2D eigenvalue weighted by Crippen LogP contribution is -2.64. The fourth-order valence-electron chi connectivity index (χ4n) is 9.61. The van der Waals surface area contributed by atoms with Crippen molar-refractivity contribution in [2.45, 2.75) is 69.4 Å². The normalized spacial score (nSPS) is 25.4. The van der Waals surface area contributed by atoms with Crippen LogP contribution in [0.1, 0.15) is 63.3 Å². The van der Waals surface area contributed by atoms with Crippen molar-refractivity contribution < 1.29 is 4.42 Å². The monoisotopic (exact) mass is 585 g/mol. The van der Waals surface area contributed by atoms with Gasteiger partial charge in [-0.25, -0.2) is 0 Å². The Labute approximate surface area is 266 Å². The summed E-state index contributed by atoms with van der Waals surface area (Å²) < 4.78 is 6.43. The van der Waals surface area contributed by atoms with Gasteiger partial charge in [-0.1, -0.05) is 123 Å². The summed E-state index contributed by atoms with van der Waals surface area (Å²) in [5.74, 6) is 0.992. The van der Waals surface area contributed by atoms with Gasteiger partial charge in [-0.2, -0.15) is 0 Å². The smallest absolute Gasteiger partial charge is 0.130 e. The Kier molecular flexibility index (Phi) is 5.64. The van der Waals surface area contributed by atoms with E-state index in [0.717, 1.165) is 12.2 Å². The quantitative estimate of drug-likeness (QED) is 0.192. The highest BCUT2D eigenvalue weighted by atomic mass is 16.3. The molecule has 3 unspecified atom stereocenters. The van der Waals surface area contributed by atoms with Crippen molar-refractivity contribution in [2.75, 3.05) is 4.90 Å². The average molecular weight is 586 g/mol. The van der Waals surface area contributed by atoms with Gasteiger partial charge in [-0.05, 0) is 77.1 Å². The summed E-state index contributed by atoms with van der Waals surface area (Å²) in [6.07, 6.45) is 12.7. The van der Waals surface area contributed by atoms with E-state index in [1.165, 1.54) is 86.3 Å². The van der Waals surface area contributed by atoms with E-state index in [0.29, 0.717) is 0 Å². The van der Waals surface area contributed by atoms with E-state index in [1.54, 1.807) is 0 Å². The lowest BCUT2D eigenvalue weighted by atomic mass is 9.61. The minimum absolute atomic E-state index is 0.0478. The predicted molar refractivity (Wildman–Crippen MR) is 189 cm³/mol. The van der Waals surface area contributed by atoms with Gasteiger partial charge in [0.05, 0.1) is 11.8 Å². The van der Waals surface area contributed by atoms with Crippen LogP contribution in [0.25, 0.3) is 49.9 Å². The van der Waals surface area contributed by atoms with Crippen LogP contribution in [0.4, 0.5) is 5.69 Å². The van der Waals surface area contributed by atoms with Crippen LogP contribution in [-0.2, 0) is 11.8 Å². The molecule has 2 nitrogen and oxygen atoms in total. The summed E-state index contributed by atoms with van der Waals surface area (Å²) >= 11 is 0. The van der Waals surface area contributed by atoms with Gasteiger partial charge in [0, 0.05) is 39.8 Å². The molecule has 0 N–H and O–H groups in total. The van der Waals surface area contributed by atoms with Gasteiger partial charge in [-0.3, -0.25) is 0 Å². The molecule has 222 valence electrons. The molecule has 9 rings (SSSR count). The van der Waals surface area contributed by atoms with Gasteiger partial charge in [0.1, 0.15) is 5.76 Å². The maximum Gasteiger partial charge on any atom is 0.130 e. The number of rotatable bonds is 3. The van der Waals surface area contributed by atoms with Crippen LogP contribution in [0.3, 0.4) is 0 Å². The number of benzene rings is 5. The third-order valence-corrected chi connectivity index (χ3v) is 11.8.